The molecule has 0 aliphatic heterocycles. The molecule has 2 heteroatoms. The van der Waals surface area contributed by atoms with Crippen LogP contribution in [0.2, 0.25) is 0 Å². The summed E-state index contributed by atoms with van der Waals surface area (Å²) in [5.41, 5.74) is 2.54. The van der Waals surface area contributed by atoms with Crippen molar-refractivity contribution in [3.63, 3.8) is 0 Å². The standard InChI is InChI=1S/C36H62O2/c1-7-8-9-10-11-12-16-34(37)38-29-21-23-35(5)28(25-29)17-18-30-32-20-19-31(27(4)15-13-14-26(2)3)36(32,6)24-22-33(30)35/h17,26-27,29-33H,7-16,18-25H2,1-6H3/t27-,29+,30?,31-,32?,33?,35?,36?/m1/s1. The molecule has 0 bridgehead atoms. The number of ether oxygens (including phenoxy) is 1. The van der Waals surface area contributed by atoms with Crippen LogP contribution in [0.1, 0.15) is 157 Å². The quantitative estimate of drug-likeness (QED) is 0.135. The Balaban J connectivity index is 1.31. The van der Waals surface area contributed by atoms with E-state index < -0.39 is 0 Å². The molecule has 0 spiro atoms. The van der Waals surface area contributed by atoms with Crippen LogP contribution in [0, 0.1) is 46.3 Å². The summed E-state index contributed by atoms with van der Waals surface area (Å²) < 4.78 is 6.04. The molecule has 4 aliphatic carbocycles. The molecule has 4 rings (SSSR count). The molecule has 0 aromatic carbocycles. The summed E-state index contributed by atoms with van der Waals surface area (Å²) in [5, 5.41) is 0. The van der Waals surface area contributed by atoms with Crippen molar-refractivity contribution in [2.45, 2.75) is 163 Å². The van der Waals surface area contributed by atoms with Gasteiger partial charge in [-0.2, -0.15) is 0 Å². The number of esters is 1. The Labute approximate surface area is 236 Å². The summed E-state index contributed by atoms with van der Waals surface area (Å²) in [6.07, 6.45) is 25.3. The molecule has 4 aliphatic rings. The van der Waals surface area contributed by atoms with Gasteiger partial charge in [0.2, 0.25) is 0 Å². The second-order valence-corrected chi connectivity index (χ2v) is 15.2. The maximum atomic E-state index is 12.6. The maximum absolute atomic E-state index is 12.6. The van der Waals surface area contributed by atoms with Crippen LogP contribution in [0.5, 0.6) is 0 Å². The van der Waals surface area contributed by atoms with Gasteiger partial charge in [-0.1, -0.05) is 105 Å². The zero-order valence-electron chi connectivity index (χ0n) is 26.2. The van der Waals surface area contributed by atoms with Crippen LogP contribution in [0.25, 0.3) is 0 Å². The highest BCUT2D eigenvalue weighted by molar-refractivity contribution is 5.69. The summed E-state index contributed by atoms with van der Waals surface area (Å²) in [4.78, 5) is 12.6. The number of allylic oxidation sites excluding steroid dienone is 1. The van der Waals surface area contributed by atoms with Crippen LogP contribution < -0.4 is 0 Å². The SMILES string of the molecule is CCCCCCCCC(=O)O[C@H]1CCC2(C)C(=CCC3C2CCC2(C)C3CC[C@@H]2[C@H](C)CCCC(C)C)C1. The van der Waals surface area contributed by atoms with Crippen LogP contribution in [-0.4, -0.2) is 12.1 Å². The van der Waals surface area contributed by atoms with Crippen molar-refractivity contribution in [1.82, 2.24) is 0 Å². The molecule has 2 nitrogen and oxygen atoms in total. The molecule has 8 atom stereocenters. The van der Waals surface area contributed by atoms with Gasteiger partial charge in [0.1, 0.15) is 6.10 Å². The highest BCUT2D eigenvalue weighted by atomic mass is 16.5. The number of hydrogen-bond donors (Lipinski definition) is 0. The summed E-state index contributed by atoms with van der Waals surface area (Å²) in [6.45, 7) is 14.9. The number of fused-ring (bicyclic) bond motifs is 5. The van der Waals surface area contributed by atoms with E-state index in [4.69, 9.17) is 4.74 Å². The third-order valence-corrected chi connectivity index (χ3v) is 12.3. The van der Waals surface area contributed by atoms with Gasteiger partial charge in [0.05, 0.1) is 0 Å². The van der Waals surface area contributed by atoms with Crippen LogP contribution in [0.4, 0.5) is 0 Å². The van der Waals surface area contributed by atoms with Crippen molar-refractivity contribution >= 4 is 5.97 Å². The average Bonchev–Trinajstić information content (AvgIpc) is 3.23. The van der Waals surface area contributed by atoms with Gasteiger partial charge >= 0.3 is 5.97 Å². The molecule has 0 heterocycles. The second-order valence-electron chi connectivity index (χ2n) is 15.2. The van der Waals surface area contributed by atoms with E-state index in [0.717, 1.165) is 54.8 Å². The fourth-order valence-corrected chi connectivity index (χ4v) is 10.0. The third kappa shape index (κ3) is 6.57. The van der Waals surface area contributed by atoms with E-state index >= 15 is 0 Å². The van der Waals surface area contributed by atoms with Crippen LogP contribution in [0.15, 0.2) is 11.6 Å². The predicted molar refractivity (Wildman–Crippen MR) is 161 cm³/mol. The molecule has 0 saturated heterocycles. The van der Waals surface area contributed by atoms with Gasteiger partial charge in [-0.3, -0.25) is 4.79 Å². The van der Waals surface area contributed by atoms with Crippen LogP contribution in [-0.2, 0) is 9.53 Å². The van der Waals surface area contributed by atoms with E-state index in [-0.39, 0.29) is 12.1 Å². The lowest BCUT2D eigenvalue weighted by Gasteiger charge is -2.58. The molecular formula is C36H62O2. The molecule has 3 saturated carbocycles. The minimum absolute atomic E-state index is 0.0522. The fraction of sp³-hybridized carbons (Fsp3) is 0.917. The normalized spacial score (nSPS) is 37.2. The summed E-state index contributed by atoms with van der Waals surface area (Å²) in [5.74, 6) is 5.34. The van der Waals surface area contributed by atoms with Crippen molar-refractivity contribution in [3.8, 4) is 0 Å². The van der Waals surface area contributed by atoms with Gasteiger partial charge < -0.3 is 4.74 Å². The summed E-state index contributed by atoms with van der Waals surface area (Å²) in [7, 11) is 0. The molecule has 3 fully saturated rings. The van der Waals surface area contributed by atoms with Crippen molar-refractivity contribution in [2.75, 3.05) is 0 Å². The Morgan fingerprint density at radius 1 is 0.921 bits per heavy atom. The van der Waals surface area contributed by atoms with E-state index in [1.54, 1.807) is 5.57 Å². The Morgan fingerprint density at radius 2 is 1.68 bits per heavy atom. The molecule has 0 radical (unpaired) electrons. The maximum Gasteiger partial charge on any atom is 0.306 e. The van der Waals surface area contributed by atoms with Crippen molar-refractivity contribution in [3.05, 3.63) is 11.6 Å². The molecule has 0 aromatic rings. The molecule has 0 N–H and O–H groups in total. The number of carbonyl (C=O) groups is 1. The Bertz CT molecular complexity index is 797. The lowest BCUT2D eigenvalue weighted by molar-refractivity contribution is -0.151. The van der Waals surface area contributed by atoms with Crippen molar-refractivity contribution < 1.29 is 9.53 Å². The van der Waals surface area contributed by atoms with Gasteiger partial charge in [0.25, 0.3) is 0 Å². The highest BCUT2D eigenvalue weighted by Crippen LogP contribution is 2.67. The van der Waals surface area contributed by atoms with E-state index in [1.165, 1.54) is 89.9 Å². The fourth-order valence-electron chi connectivity index (χ4n) is 10.0. The molecule has 218 valence electrons. The molecule has 0 aromatic heterocycles. The van der Waals surface area contributed by atoms with E-state index in [9.17, 15) is 4.79 Å². The lowest BCUT2D eigenvalue weighted by atomic mass is 9.47. The first-order valence-electron chi connectivity index (χ1n) is 17.1. The monoisotopic (exact) mass is 526 g/mol. The van der Waals surface area contributed by atoms with Gasteiger partial charge in [-0.05, 0) is 97.7 Å². The van der Waals surface area contributed by atoms with Gasteiger partial charge in [0.15, 0.2) is 0 Å². The first-order valence-corrected chi connectivity index (χ1v) is 17.1. The zero-order chi connectivity index (χ0) is 27.3. The summed E-state index contributed by atoms with van der Waals surface area (Å²) in [6, 6.07) is 0. The van der Waals surface area contributed by atoms with Gasteiger partial charge in [-0.25, -0.2) is 0 Å². The lowest BCUT2D eigenvalue weighted by Crippen LogP contribution is -2.51. The van der Waals surface area contributed by atoms with E-state index in [0.29, 0.717) is 17.3 Å². The predicted octanol–water partition coefficient (Wildman–Crippen LogP) is 10.7. The number of unbranched alkanes of at least 4 members (excludes halogenated alkanes) is 5. The van der Waals surface area contributed by atoms with Crippen LogP contribution in [0.3, 0.4) is 0 Å². The molecular weight excluding hydrogens is 464 g/mol. The van der Waals surface area contributed by atoms with Gasteiger partial charge in [-0.15, -0.1) is 0 Å². The first-order chi connectivity index (χ1) is 18.2. The van der Waals surface area contributed by atoms with E-state index in [1.807, 2.05) is 0 Å². The second kappa shape index (κ2) is 13.2. The average molecular weight is 527 g/mol. The smallest absolute Gasteiger partial charge is 0.306 e. The number of carbonyl (C=O) groups excluding carboxylic acids is 1. The zero-order valence-corrected chi connectivity index (χ0v) is 26.2. The van der Waals surface area contributed by atoms with Crippen LogP contribution >= 0.6 is 0 Å². The first kappa shape index (κ1) is 30.2. The molecule has 38 heavy (non-hydrogen) atoms. The molecule has 0 amide bonds. The van der Waals surface area contributed by atoms with E-state index in [2.05, 4.69) is 47.6 Å². The Hall–Kier alpha value is -0.790. The number of rotatable bonds is 13. The molecule has 5 unspecified atom stereocenters. The minimum Gasteiger partial charge on any atom is -0.462 e. The topological polar surface area (TPSA) is 26.3 Å². The summed E-state index contributed by atoms with van der Waals surface area (Å²) >= 11 is 0. The highest BCUT2D eigenvalue weighted by Gasteiger charge is 2.59. The minimum atomic E-state index is 0.0522. The van der Waals surface area contributed by atoms with Crippen molar-refractivity contribution in [1.29, 1.82) is 0 Å². The van der Waals surface area contributed by atoms with Gasteiger partial charge in [0, 0.05) is 12.8 Å². The third-order valence-electron chi connectivity index (χ3n) is 12.3. The largest absolute Gasteiger partial charge is 0.462 e. The Kier molecular flexibility index (Phi) is 10.5. The number of hydrogen-bond acceptors (Lipinski definition) is 2. The van der Waals surface area contributed by atoms with Crippen molar-refractivity contribution in [2.24, 2.45) is 46.3 Å². The Morgan fingerprint density at radius 3 is 2.45 bits per heavy atom.